The molecule has 0 saturated heterocycles. The average molecular weight is 281 g/mol. The standard InChI is InChI=1S/C12H18F3NOS/c1-6-11(10(3)18(5,17)16-4)8-7-9(2)12(13,14)15/h6-8,10H,1H2,2-5H3/b9-7+,11-8+. The third kappa shape index (κ3) is 4.68. The van der Waals surface area contributed by atoms with E-state index in [0.717, 1.165) is 13.0 Å². The maximum absolute atomic E-state index is 12.3. The Hall–Kier alpha value is -1.04. The Labute approximate surface area is 106 Å². The highest BCUT2D eigenvalue weighted by atomic mass is 32.2. The maximum atomic E-state index is 12.3. The van der Waals surface area contributed by atoms with Gasteiger partial charge in [0.25, 0.3) is 0 Å². The molecule has 0 aliphatic heterocycles. The lowest BCUT2D eigenvalue weighted by Crippen LogP contribution is -2.17. The molecule has 0 aromatic rings. The van der Waals surface area contributed by atoms with Gasteiger partial charge in [-0.05, 0) is 19.4 Å². The van der Waals surface area contributed by atoms with Crippen molar-refractivity contribution >= 4 is 9.73 Å². The lowest BCUT2D eigenvalue weighted by atomic mass is 10.1. The van der Waals surface area contributed by atoms with Crippen LogP contribution >= 0.6 is 0 Å². The summed E-state index contributed by atoms with van der Waals surface area (Å²) in [6, 6.07) is 0. The van der Waals surface area contributed by atoms with Gasteiger partial charge in [0.2, 0.25) is 0 Å². The van der Waals surface area contributed by atoms with Crippen molar-refractivity contribution in [3.05, 3.63) is 36.0 Å². The lowest BCUT2D eigenvalue weighted by molar-refractivity contribution is -0.0912. The first-order chi connectivity index (χ1) is 8.06. The van der Waals surface area contributed by atoms with Crippen LogP contribution < -0.4 is 0 Å². The summed E-state index contributed by atoms with van der Waals surface area (Å²) in [5, 5.41) is -0.475. The minimum absolute atomic E-state index is 0.469. The molecular formula is C12H18F3NOS. The predicted molar refractivity (Wildman–Crippen MR) is 70.0 cm³/mol. The topological polar surface area (TPSA) is 29.4 Å². The van der Waals surface area contributed by atoms with Crippen molar-refractivity contribution in [1.82, 2.24) is 0 Å². The van der Waals surface area contributed by atoms with Crippen molar-refractivity contribution in [2.45, 2.75) is 25.3 Å². The van der Waals surface area contributed by atoms with Crippen molar-refractivity contribution in [1.29, 1.82) is 0 Å². The van der Waals surface area contributed by atoms with Gasteiger partial charge in [-0.25, -0.2) is 8.57 Å². The Balaban J connectivity index is 5.39. The molecule has 0 amide bonds. The zero-order valence-electron chi connectivity index (χ0n) is 10.9. The van der Waals surface area contributed by atoms with E-state index in [9.17, 15) is 17.4 Å². The van der Waals surface area contributed by atoms with E-state index in [-0.39, 0.29) is 0 Å². The van der Waals surface area contributed by atoms with Crippen LogP contribution in [0.25, 0.3) is 0 Å². The highest BCUT2D eigenvalue weighted by Crippen LogP contribution is 2.25. The highest BCUT2D eigenvalue weighted by Gasteiger charge is 2.29. The molecule has 0 aliphatic carbocycles. The molecule has 0 spiro atoms. The van der Waals surface area contributed by atoms with Gasteiger partial charge in [-0.2, -0.15) is 13.2 Å². The number of alkyl halides is 3. The number of rotatable bonds is 4. The van der Waals surface area contributed by atoms with Gasteiger partial charge in [0.1, 0.15) is 0 Å². The summed E-state index contributed by atoms with van der Waals surface area (Å²) in [6.45, 7) is 6.16. The number of halogens is 3. The molecule has 2 unspecified atom stereocenters. The van der Waals surface area contributed by atoms with Gasteiger partial charge in [-0.15, -0.1) is 0 Å². The van der Waals surface area contributed by atoms with Crippen molar-refractivity contribution in [3.8, 4) is 0 Å². The maximum Gasteiger partial charge on any atom is 0.412 e. The van der Waals surface area contributed by atoms with Crippen molar-refractivity contribution in [3.63, 3.8) is 0 Å². The molecule has 2 nitrogen and oxygen atoms in total. The number of hydrogen-bond donors (Lipinski definition) is 0. The van der Waals surface area contributed by atoms with E-state index in [2.05, 4.69) is 10.9 Å². The number of nitrogens with zero attached hydrogens (tertiary/aromatic N) is 1. The largest absolute Gasteiger partial charge is 0.412 e. The summed E-state index contributed by atoms with van der Waals surface area (Å²) < 4.78 is 52.7. The zero-order chi connectivity index (χ0) is 14.6. The molecule has 18 heavy (non-hydrogen) atoms. The van der Waals surface area contributed by atoms with E-state index in [4.69, 9.17) is 0 Å². The first kappa shape index (κ1) is 17.0. The summed E-state index contributed by atoms with van der Waals surface area (Å²) >= 11 is 0. The molecule has 104 valence electrons. The molecule has 0 rings (SSSR count). The van der Waals surface area contributed by atoms with Crippen LogP contribution in [0.4, 0.5) is 13.2 Å². The van der Waals surface area contributed by atoms with Gasteiger partial charge in [0, 0.05) is 18.9 Å². The summed E-state index contributed by atoms with van der Waals surface area (Å²) in [6.07, 6.45) is 0.761. The van der Waals surface area contributed by atoms with Crippen molar-refractivity contribution in [2.24, 2.45) is 4.36 Å². The average Bonchev–Trinajstić information content (AvgIpc) is 2.27. The van der Waals surface area contributed by atoms with E-state index in [1.807, 2.05) is 0 Å². The molecule has 6 heteroatoms. The monoisotopic (exact) mass is 281 g/mol. The van der Waals surface area contributed by atoms with Gasteiger partial charge < -0.3 is 0 Å². The minimum atomic E-state index is -4.35. The predicted octanol–water partition coefficient (Wildman–Crippen LogP) is 3.72. The second kappa shape index (κ2) is 6.22. The molecule has 0 saturated carbocycles. The Kier molecular flexibility index (Phi) is 5.86. The van der Waals surface area contributed by atoms with Crippen molar-refractivity contribution in [2.75, 3.05) is 13.3 Å². The van der Waals surface area contributed by atoms with E-state index < -0.39 is 26.7 Å². The second-order valence-electron chi connectivity index (χ2n) is 3.90. The van der Waals surface area contributed by atoms with Gasteiger partial charge in [0.05, 0.1) is 15.0 Å². The summed E-state index contributed by atoms with van der Waals surface area (Å²) in [5.74, 6) is 0. The molecule has 0 heterocycles. The van der Waals surface area contributed by atoms with Crippen LogP contribution in [-0.4, -0.2) is 28.9 Å². The van der Waals surface area contributed by atoms with E-state index in [0.29, 0.717) is 5.57 Å². The Morgan fingerprint density at radius 3 is 2.22 bits per heavy atom. The Bertz CT molecular complexity index is 480. The van der Waals surface area contributed by atoms with Gasteiger partial charge in [0.15, 0.2) is 0 Å². The first-order valence-electron chi connectivity index (χ1n) is 5.23. The summed E-state index contributed by atoms with van der Waals surface area (Å²) in [4.78, 5) is 0. The minimum Gasteiger partial charge on any atom is -0.249 e. The summed E-state index contributed by atoms with van der Waals surface area (Å²) in [5.41, 5.74) is -0.248. The number of hydrogen-bond acceptors (Lipinski definition) is 2. The Morgan fingerprint density at radius 1 is 1.39 bits per heavy atom. The number of allylic oxidation sites excluding steroid dienone is 4. The molecular weight excluding hydrogens is 263 g/mol. The third-order valence-electron chi connectivity index (χ3n) is 2.70. The molecule has 0 bridgehead atoms. The van der Waals surface area contributed by atoms with Gasteiger partial charge >= 0.3 is 6.18 Å². The fourth-order valence-electron chi connectivity index (χ4n) is 1.10. The molecule has 0 fully saturated rings. The van der Waals surface area contributed by atoms with E-state index in [1.165, 1.54) is 25.5 Å². The van der Waals surface area contributed by atoms with Crippen LogP contribution in [0.5, 0.6) is 0 Å². The van der Waals surface area contributed by atoms with Crippen LogP contribution in [0.2, 0.25) is 0 Å². The second-order valence-corrected chi connectivity index (χ2v) is 6.70. The van der Waals surface area contributed by atoms with Crippen LogP contribution in [-0.2, 0) is 9.73 Å². The lowest BCUT2D eigenvalue weighted by Gasteiger charge is -2.14. The van der Waals surface area contributed by atoms with E-state index >= 15 is 0 Å². The van der Waals surface area contributed by atoms with Crippen LogP contribution in [0, 0.1) is 0 Å². The molecule has 0 aromatic carbocycles. The molecule has 2 atom stereocenters. The zero-order valence-corrected chi connectivity index (χ0v) is 11.7. The normalized spacial score (nSPS) is 19.1. The SMILES string of the molecule is C=C/C(=C\C=C(/C)C(F)(F)F)C(C)S(C)(=O)=NC. The fourth-order valence-corrected chi connectivity index (χ4v) is 2.09. The smallest absolute Gasteiger partial charge is 0.249 e. The van der Waals surface area contributed by atoms with Crippen LogP contribution in [0.3, 0.4) is 0 Å². The van der Waals surface area contributed by atoms with E-state index in [1.54, 1.807) is 6.92 Å². The van der Waals surface area contributed by atoms with Crippen LogP contribution in [0.1, 0.15) is 13.8 Å². The fraction of sp³-hybridized carbons (Fsp3) is 0.500. The Morgan fingerprint density at radius 2 is 1.89 bits per heavy atom. The molecule has 0 radical (unpaired) electrons. The molecule has 0 aromatic heterocycles. The quantitative estimate of drug-likeness (QED) is 0.722. The van der Waals surface area contributed by atoms with Gasteiger partial charge in [-0.1, -0.05) is 24.8 Å². The van der Waals surface area contributed by atoms with Gasteiger partial charge in [-0.3, -0.25) is 0 Å². The van der Waals surface area contributed by atoms with Crippen molar-refractivity contribution < 1.29 is 17.4 Å². The molecule has 0 N–H and O–H groups in total. The molecule has 0 aliphatic rings. The highest BCUT2D eigenvalue weighted by molar-refractivity contribution is 7.93. The summed E-state index contributed by atoms with van der Waals surface area (Å²) in [7, 11) is -1.04. The first-order valence-corrected chi connectivity index (χ1v) is 7.22. The third-order valence-corrected chi connectivity index (χ3v) is 5.01. The van der Waals surface area contributed by atoms with Crippen LogP contribution in [0.15, 0.2) is 40.3 Å².